The van der Waals surface area contributed by atoms with E-state index in [4.69, 9.17) is 11.6 Å². The molecule has 2 aromatic rings. The first-order valence-electron chi connectivity index (χ1n) is 8.40. The highest BCUT2D eigenvalue weighted by atomic mass is 35.5. The topological polar surface area (TPSA) is 40.6 Å². The number of sulfonamides is 1. The van der Waals surface area contributed by atoms with Gasteiger partial charge in [-0.1, -0.05) is 41.4 Å². The van der Waals surface area contributed by atoms with E-state index in [-0.39, 0.29) is 0 Å². The molecule has 2 aromatic carbocycles. The van der Waals surface area contributed by atoms with Gasteiger partial charge in [-0.3, -0.25) is 4.90 Å². The quantitative estimate of drug-likeness (QED) is 0.818. The first-order valence-corrected chi connectivity index (χ1v) is 10.2. The molecule has 134 valence electrons. The molecule has 1 fully saturated rings. The van der Waals surface area contributed by atoms with E-state index in [0.29, 0.717) is 18.0 Å². The highest BCUT2D eigenvalue weighted by molar-refractivity contribution is 7.89. The second-order valence-electron chi connectivity index (χ2n) is 6.58. The van der Waals surface area contributed by atoms with Gasteiger partial charge >= 0.3 is 0 Å². The van der Waals surface area contributed by atoms with Gasteiger partial charge in [0.1, 0.15) is 0 Å². The maximum atomic E-state index is 12.9. The van der Waals surface area contributed by atoms with Crippen molar-refractivity contribution in [1.82, 2.24) is 9.21 Å². The number of benzene rings is 2. The van der Waals surface area contributed by atoms with Gasteiger partial charge in [0.15, 0.2) is 0 Å². The maximum Gasteiger partial charge on any atom is 0.243 e. The Bertz CT molecular complexity index is 842. The van der Waals surface area contributed by atoms with E-state index in [9.17, 15) is 8.42 Å². The summed E-state index contributed by atoms with van der Waals surface area (Å²) >= 11 is 5.92. The van der Waals surface area contributed by atoms with Crippen molar-refractivity contribution in [1.29, 1.82) is 0 Å². The lowest BCUT2D eigenvalue weighted by Crippen LogP contribution is -2.48. The Kier molecular flexibility index (Phi) is 5.49. The van der Waals surface area contributed by atoms with Gasteiger partial charge in [0.2, 0.25) is 10.0 Å². The molecule has 0 saturated carbocycles. The smallest absolute Gasteiger partial charge is 0.243 e. The van der Waals surface area contributed by atoms with Crippen LogP contribution in [0.1, 0.15) is 16.7 Å². The molecule has 3 rings (SSSR count). The molecule has 0 atom stereocenters. The summed E-state index contributed by atoms with van der Waals surface area (Å²) in [6, 6.07) is 13.3. The molecule has 4 nitrogen and oxygen atoms in total. The summed E-state index contributed by atoms with van der Waals surface area (Å²) in [7, 11) is -3.42. The first-order chi connectivity index (χ1) is 11.9. The number of halogens is 1. The van der Waals surface area contributed by atoms with E-state index in [0.717, 1.165) is 35.8 Å². The highest BCUT2D eigenvalue weighted by Crippen LogP contribution is 2.22. The Morgan fingerprint density at radius 3 is 2.20 bits per heavy atom. The number of rotatable bonds is 4. The van der Waals surface area contributed by atoms with Crippen LogP contribution in [0.5, 0.6) is 0 Å². The van der Waals surface area contributed by atoms with E-state index < -0.39 is 10.0 Å². The maximum absolute atomic E-state index is 12.9. The summed E-state index contributed by atoms with van der Waals surface area (Å²) < 4.78 is 27.4. The second kappa shape index (κ2) is 7.46. The largest absolute Gasteiger partial charge is 0.296 e. The minimum atomic E-state index is -3.42. The number of piperazine rings is 1. The Balaban J connectivity index is 1.66. The minimum absolute atomic E-state index is 0.421. The van der Waals surface area contributed by atoms with Crippen LogP contribution in [-0.4, -0.2) is 43.8 Å². The summed E-state index contributed by atoms with van der Waals surface area (Å²) in [5.41, 5.74) is 3.07. The predicted molar refractivity (Wildman–Crippen MR) is 101 cm³/mol. The Morgan fingerprint density at radius 1 is 0.960 bits per heavy atom. The van der Waals surface area contributed by atoms with E-state index >= 15 is 0 Å². The van der Waals surface area contributed by atoms with E-state index in [2.05, 4.69) is 4.90 Å². The lowest BCUT2D eigenvalue weighted by molar-refractivity contribution is 0.181. The van der Waals surface area contributed by atoms with Crippen LogP contribution in [0.4, 0.5) is 0 Å². The monoisotopic (exact) mass is 378 g/mol. The zero-order valence-electron chi connectivity index (χ0n) is 14.6. The normalized spacial score (nSPS) is 16.9. The molecule has 0 aliphatic carbocycles. The highest BCUT2D eigenvalue weighted by Gasteiger charge is 2.29. The molecule has 25 heavy (non-hydrogen) atoms. The molecule has 0 radical (unpaired) electrons. The molecule has 6 heteroatoms. The van der Waals surface area contributed by atoms with Crippen LogP contribution < -0.4 is 0 Å². The van der Waals surface area contributed by atoms with Crippen molar-refractivity contribution < 1.29 is 8.42 Å². The van der Waals surface area contributed by atoms with Crippen LogP contribution in [0.15, 0.2) is 47.4 Å². The zero-order chi connectivity index (χ0) is 18.0. The molecule has 1 aliphatic heterocycles. The molecule has 0 spiro atoms. The third kappa shape index (κ3) is 4.23. The summed E-state index contributed by atoms with van der Waals surface area (Å²) in [5, 5.41) is 0.730. The number of aryl methyl sites for hydroxylation is 2. The first kappa shape index (κ1) is 18.4. The van der Waals surface area contributed by atoms with Gasteiger partial charge in [0.25, 0.3) is 0 Å². The van der Waals surface area contributed by atoms with Gasteiger partial charge in [-0.05, 0) is 43.2 Å². The van der Waals surface area contributed by atoms with Crippen molar-refractivity contribution in [2.75, 3.05) is 26.2 Å². The van der Waals surface area contributed by atoms with Crippen molar-refractivity contribution in [3.8, 4) is 0 Å². The van der Waals surface area contributed by atoms with Gasteiger partial charge < -0.3 is 0 Å². The minimum Gasteiger partial charge on any atom is -0.296 e. The molecule has 0 N–H and O–H groups in total. The van der Waals surface area contributed by atoms with E-state index in [1.807, 2.05) is 50.2 Å². The fraction of sp³-hybridized carbons (Fsp3) is 0.368. The van der Waals surface area contributed by atoms with Crippen LogP contribution >= 0.6 is 11.6 Å². The fourth-order valence-corrected chi connectivity index (χ4v) is 4.96. The molecule has 1 heterocycles. The average molecular weight is 379 g/mol. The van der Waals surface area contributed by atoms with E-state index in [1.54, 1.807) is 10.4 Å². The Labute approximate surface area is 155 Å². The third-order valence-corrected chi connectivity index (χ3v) is 6.91. The van der Waals surface area contributed by atoms with Crippen LogP contribution in [0.2, 0.25) is 5.02 Å². The van der Waals surface area contributed by atoms with Crippen molar-refractivity contribution in [2.45, 2.75) is 25.3 Å². The standard InChI is InChI=1S/C19H23ClN2O2S/c1-15-3-8-19(16(2)13-15)25(23,24)22-11-9-21(10-12-22)14-17-4-6-18(20)7-5-17/h3-8,13H,9-12,14H2,1-2H3. The third-order valence-electron chi connectivity index (χ3n) is 4.60. The average Bonchev–Trinajstić information content (AvgIpc) is 2.57. The summed E-state index contributed by atoms with van der Waals surface area (Å²) in [6.07, 6.45) is 0. The van der Waals surface area contributed by atoms with Crippen molar-refractivity contribution in [2.24, 2.45) is 0 Å². The SMILES string of the molecule is Cc1ccc(S(=O)(=O)N2CCN(Cc3ccc(Cl)cc3)CC2)c(C)c1. The number of hydrogen-bond donors (Lipinski definition) is 0. The molecule has 1 aliphatic rings. The number of nitrogens with zero attached hydrogens (tertiary/aromatic N) is 2. The van der Waals surface area contributed by atoms with Gasteiger partial charge in [-0.2, -0.15) is 4.31 Å². The Morgan fingerprint density at radius 2 is 1.60 bits per heavy atom. The fourth-order valence-electron chi connectivity index (χ4n) is 3.20. The molecule has 1 saturated heterocycles. The van der Waals surface area contributed by atoms with Gasteiger partial charge in [0, 0.05) is 37.7 Å². The van der Waals surface area contributed by atoms with Crippen LogP contribution in [0, 0.1) is 13.8 Å². The van der Waals surface area contributed by atoms with Gasteiger partial charge in [0.05, 0.1) is 4.90 Å². The van der Waals surface area contributed by atoms with E-state index in [1.165, 1.54) is 5.56 Å². The lowest BCUT2D eigenvalue weighted by Gasteiger charge is -2.34. The van der Waals surface area contributed by atoms with Crippen LogP contribution in [-0.2, 0) is 16.6 Å². The second-order valence-corrected chi connectivity index (χ2v) is 8.92. The molecule has 0 amide bonds. The predicted octanol–water partition coefficient (Wildman–Crippen LogP) is 3.46. The molecular formula is C19H23ClN2O2S. The molecular weight excluding hydrogens is 356 g/mol. The molecule has 0 unspecified atom stereocenters. The van der Waals surface area contributed by atoms with Crippen LogP contribution in [0.25, 0.3) is 0 Å². The summed E-state index contributed by atoms with van der Waals surface area (Å²) in [6.45, 7) is 7.14. The van der Waals surface area contributed by atoms with Crippen molar-refractivity contribution in [3.05, 3.63) is 64.2 Å². The zero-order valence-corrected chi connectivity index (χ0v) is 16.1. The van der Waals surface area contributed by atoms with Crippen molar-refractivity contribution in [3.63, 3.8) is 0 Å². The lowest BCUT2D eigenvalue weighted by atomic mass is 10.2. The van der Waals surface area contributed by atoms with Gasteiger partial charge in [-0.15, -0.1) is 0 Å². The molecule has 0 aromatic heterocycles. The van der Waals surface area contributed by atoms with Crippen LogP contribution in [0.3, 0.4) is 0 Å². The van der Waals surface area contributed by atoms with Crippen molar-refractivity contribution >= 4 is 21.6 Å². The van der Waals surface area contributed by atoms with Gasteiger partial charge in [-0.25, -0.2) is 8.42 Å². The summed E-state index contributed by atoms with van der Waals surface area (Å²) in [4.78, 5) is 2.70. The summed E-state index contributed by atoms with van der Waals surface area (Å²) in [5.74, 6) is 0. The Hall–Kier alpha value is -1.40. The number of hydrogen-bond acceptors (Lipinski definition) is 3. The molecule has 0 bridgehead atoms.